The molecule has 1 aromatic rings. The summed E-state index contributed by atoms with van der Waals surface area (Å²) in [5.74, 6) is 3.58. The first kappa shape index (κ1) is 18.9. The molecule has 2 heterocycles. The summed E-state index contributed by atoms with van der Waals surface area (Å²) in [5.41, 5.74) is 4.01. The second-order valence-corrected chi connectivity index (χ2v) is 9.28. The van der Waals surface area contributed by atoms with Crippen LogP contribution in [0.1, 0.15) is 56.1 Å². The number of carbonyl (C=O) groups excluding carboxylic acids is 1. The highest BCUT2D eigenvalue weighted by Gasteiger charge is 2.49. The molecule has 0 atom stereocenters. The number of rotatable bonds is 1. The Morgan fingerprint density at radius 3 is 2.13 bits per heavy atom. The van der Waals surface area contributed by atoms with Gasteiger partial charge in [-0.2, -0.15) is 10.5 Å². The van der Waals surface area contributed by atoms with E-state index in [9.17, 15) is 15.3 Å². The molecule has 5 nitrogen and oxygen atoms in total. The fourth-order valence-electron chi connectivity index (χ4n) is 6.57. The van der Waals surface area contributed by atoms with Gasteiger partial charge in [0.1, 0.15) is 23.7 Å². The molecule has 1 aliphatic heterocycles. The van der Waals surface area contributed by atoms with Crippen LogP contribution in [0.2, 0.25) is 0 Å². The van der Waals surface area contributed by atoms with E-state index >= 15 is 0 Å². The predicted molar refractivity (Wildman–Crippen MR) is 109 cm³/mol. The summed E-state index contributed by atoms with van der Waals surface area (Å²) in [5, 5.41) is 19.1. The molecule has 30 heavy (non-hydrogen) atoms. The molecule has 5 fully saturated rings. The van der Waals surface area contributed by atoms with Gasteiger partial charge in [0.15, 0.2) is 11.3 Å². The maximum absolute atomic E-state index is 13.1. The van der Waals surface area contributed by atoms with E-state index in [2.05, 4.69) is 0 Å². The first-order valence-corrected chi connectivity index (χ1v) is 10.7. The van der Waals surface area contributed by atoms with Crippen molar-refractivity contribution in [3.8, 4) is 12.1 Å². The average molecular weight is 400 g/mol. The van der Waals surface area contributed by atoms with Crippen molar-refractivity contribution in [2.45, 2.75) is 52.9 Å². The standard InChI is InChI=1S/C25H24N2O3/c1-12-4-20(14(3)29-12)13(2)21-23(24(30-25(21)28)19(10-26)11-27)22-17-6-15-5-16(8-17)9-18(22)7-15/h4,15-18H,5-9H2,1-3H3/b21-13+,23-22?. The first-order chi connectivity index (χ1) is 14.4. The molecule has 5 heteroatoms. The minimum Gasteiger partial charge on any atom is -0.466 e. The normalized spacial score (nSPS) is 31.0. The number of carbonyl (C=O) groups is 1. The van der Waals surface area contributed by atoms with Crippen LogP contribution in [-0.2, 0) is 9.53 Å². The average Bonchev–Trinajstić information content (AvgIpc) is 3.20. The number of furan rings is 1. The Bertz CT molecular complexity index is 1100. The van der Waals surface area contributed by atoms with Crippen molar-refractivity contribution in [2.24, 2.45) is 23.7 Å². The van der Waals surface area contributed by atoms with Crippen molar-refractivity contribution < 1.29 is 13.9 Å². The minimum atomic E-state index is -0.472. The Kier molecular flexibility index (Phi) is 4.26. The number of esters is 1. The lowest BCUT2D eigenvalue weighted by atomic mass is 9.53. The summed E-state index contributed by atoms with van der Waals surface area (Å²) in [7, 11) is 0. The van der Waals surface area contributed by atoms with Gasteiger partial charge in [-0.1, -0.05) is 5.57 Å². The molecular weight excluding hydrogens is 376 g/mol. The van der Waals surface area contributed by atoms with E-state index in [1.807, 2.05) is 39.0 Å². The third-order valence-electron chi connectivity index (χ3n) is 7.45. The zero-order chi connectivity index (χ0) is 21.2. The number of aryl methyl sites for hydroxylation is 2. The molecule has 0 amide bonds. The SMILES string of the molecule is C/C(=C1\C(=O)OC(=C(C#N)C#N)C1=C1C2CC3CC(C2)CC1C3)c1cc(C)oc1C. The third kappa shape index (κ3) is 2.69. The van der Waals surface area contributed by atoms with E-state index in [0.717, 1.165) is 65.7 Å². The van der Waals surface area contributed by atoms with E-state index in [0.29, 0.717) is 17.4 Å². The van der Waals surface area contributed by atoms with Crippen molar-refractivity contribution in [3.05, 3.63) is 51.2 Å². The summed E-state index contributed by atoms with van der Waals surface area (Å²) in [6.07, 6.45) is 5.87. The molecule has 6 rings (SSSR count). The molecule has 0 aromatic carbocycles. The zero-order valence-corrected chi connectivity index (χ0v) is 17.5. The maximum atomic E-state index is 13.1. The Balaban J connectivity index is 1.79. The van der Waals surface area contributed by atoms with Crippen LogP contribution in [0.5, 0.6) is 0 Å². The molecule has 0 radical (unpaired) electrons. The summed E-state index contributed by atoms with van der Waals surface area (Å²) in [6.45, 7) is 5.67. The van der Waals surface area contributed by atoms with E-state index in [4.69, 9.17) is 9.15 Å². The van der Waals surface area contributed by atoms with Crippen LogP contribution in [0.4, 0.5) is 0 Å². The van der Waals surface area contributed by atoms with Gasteiger partial charge in [-0.3, -0.25) is 0 Å². The zero-order valence-electron chi connectivity index (χ0n) is 17.5. The molecule has 0 unspecified atom stereocenters. The summed E-state index contributed by atoms with van der Waals surface area (Å²) >= 11 is 0. The topological polar surface area (TPSA) is 87.0 Å². The van der Waals surface area contributed by atoms with Crippen molar-refractivity contribution >= 4 is 11.5 Å². The van der Waals surface area contributed by atoms with E-state index in [-0.39, 0.29) is 11.3 Å². The van der Waals surface area contributed by atoms with Crippen LogP contribution in [0.15, 0.2) is 38.5 Å². The third-order valence-corrected chi connectivity index (χ3v) is 7.45. The molecule has 4 bridgehead atoms. The van der Waals surface area contributed by atoms with Gasteiger partial charge in [0.25, 0.3) is 0 Å². The van der Waals surface area contributed by atoms with Crippen LogP contribution in [0.3, 0.4) is 0 Å². The molecule has 4 saturated carbocycles. The fraction of sp³-hybridized carbons (Fsp3) is 0.480. The van der Waals surface area contributed by atoms with Gasteiger partial charge in [0, 0.05) is 11.1 Å². The van der Waals surface area contributed by atoms with Gasteiger partial charge in [-0.15, -0.1) is 0 Å². The van der Waals surface area contributed by atoms with Gasteiger partial charge in [-0.25, -0.2) is 4.79 Å². The Labute approximate surface area is 176 Å². The van der Waals surface area contributed by atoms with E-state index in [1.165, 1.54) is 12.0 Å². The van der Waals surface area contributed by atoms with Crippen molar-refractivity contribution in [1.82, 2.24) is 0 Å². The lowest BCUT2D eigenvalue weighted by Gasteiger charge is -2.52. The molecular formula is C25H24N2O3. The number of hydrogen-bond acceptors (Lipinski definition) is 5. The van der Waals surface area contributed by atoms with Gasteiger partial charge >= 0.3 is 5.97 Å². The van der Waals surface area contributed by atoms with Crippen molar-refractivity contribution in [2.75, 3.05) is 0 Å². The van der Waals surface area contributed by atoms with Gasteiger partial charge < -0.3 is 9.15 Å². The molecule has 4 aliphatic carbocycles. The minimum absolute atomic E-state index is 0.123. The maximum Gasteiger partial charge on any atom is 0.344 e. The van der Waals surface area contributed by atoms with E-state index in [1.54, 1.807) is 0 Å². The first-order valence-electron chi connectivity index (χ1n) is 10.7. The summed E-state index contributed by atoms with van der Waals surface area (Å²) < 4.78 is 11.3. The smallest absolute Gasteiger partial charge is 0.344 e. The Morgan fingerprint density at radius 1 is 1.03 bits per heavy atom. The van der Waals surface area contributed by atoms with Crippen molar-refractivity contribution in [1.29, 1.82) is 10.5 Å². The number of allylic oxidation sites excluding steroid dienone is 4. The number of nitriles is 2. The Hall–Kier alpha value is -3.05. The van der Waals surface area contributed by atoms with Crippen molar-refractivity contribution in [3.63, 3.8) is 0 Å². The summed E-state index contributed by atoms with van der Waals surface area (Å²) in [4.78, 5) is 13.1. The molecule has 1 saturated heterocycles. The van der Waals surface area contributed by atoms with Crippen LogP contribution in [0, 0.1) is 60.2 Å². The fourth-order valence-corrected chi connectivity index (χ4v) is 6.57. The molecule has 1 aromatic heterocycles. The number of ether oxygens (including phenoxy) is 1. The van der Waals surface area contributed by atoms with Crippen LogP contribution in [0.25, 0.3) is 5.57 Å². The van der Waals surface area contributed by atoms with Crippen LogP contribution < -0.4 is 0 Å². The predicted octanol–water partition coefficient (Wildman–Crippen LogP) is 5.28. The monoisotopic (exact) mass is 400 g/mol. The highest BCUT2D eigenvalue weighted by Crippen LogP contribution is 2.59. The largest absolute Gasteiger partial charge is 0.466 e. The van der Waals surface area contributed by atoms with Gasteiger partial charge in [-0.05, 0) is 88.2 Å². The van der Waals surface area contributed by atoms with Crippen LogP contribution >= 0.6 is 0 Å². The molecule has 0 spiro atoms. The van der Waals surface area contributed by atoms with E-state index < -0.39 is 5.97 Å². The lowest BCUT2D eigenvalue weighted by Crippen LogP contribution is -2.41. The quantitative estimate of drug-likeness (QED) is 0.363. The van der Waals surface area contributed by atoms with Crippen LogP contribution in [-0.4, -0.2) is 5.97 Å². The van der Waals surface area contributed by atoms with Gasteiger partial charge in [0.05, 0.1) is 5.57 Å². The highest BCUT2D eigenvalue weighted by molar-refractivity contribution is 6.07. The molecule has 5 aliphatic rings. The number of nitrogens with zero attached hydrogens (tertiary/aromatic N) is 2. The molecule has 0 N–H and O–H groups in total. The summed E-state index contributed by atoms with van der Waals surface area (Å²) in [6, 6.07) is 5.83. The number of hydrogen-bond donors (Lipinski definition) is 0. The Morgan fingerprint density at radius 2 is 1.63 bits per heavy atom. The lowest BCUT2D eigenvalue weighted by molar-refractivity contribution is -0.132. The second-order valence-electron chi connectivity index (χ2n) is 9.28. The number of cyclic esters (lactones) is 1. The molecule has 152 valence electrons. The highest BCUT2D eigenvalue weighted by atomic mass is 16.5. The van der Waals surface area contributed by atoms with Gasteiger partial charge in [0.2, 0.25) is 0 Å². The second kappa shape index (κ2) is 6.74.